The van der Waals surface area contributed by atoms with Crippen LogP contribution in [0.1, 0.15) is 11.5 Å². The van der Waals surface area contributed by atoms with Crippen LogP contribution in [0, 0.1) is 6.92 Å². The molecule has 3 heterocycles. The van der Waals surface area contributed by atoms with Crippen molar-refractivity contribution in [2.24, 2.45) is 17.1 Å². The Bertz CT molecular complexity index is 1730. The summed E-state index contributed by atoms with van der Waals surface area (Å²) >= 11 is 1.35. The largest absolute Gasteiger partial charge is 0.493 e. The molecule has 0 atom stereocenters. The molecule has 0 aliphatic carbocycles. The number of benzene rings is 2. The van der Waals surface area contributed by atoms with Crippen LogP contribution in [0.4, 0.5) is 5.69 Å². The van der Waals surface area contributed by atoms with Gasteiger partial charge in [0.05, 0.1) is 50.9 Å². The van der Waals surface area contributed by atoms with E-state index < -0.39 is 0 Å². The number of thiazole rings is 1. The van der Waals surface area contributed by atoms with Gasteiger partial charge in [-0.3, -0.25) is 9.48 Å². The smallest absolute Gasteiger partial charge is 0.297 e. The molecule has 2 aromatic carbocycles. The van der Waals surface area contributed by atoms with Gasteiger partial charge in [0, 0.05) is 18.0 Å². The van der Waals surface area contributed by atoms with Crippen LogP contribution in [-0.2, 0) is 7.05 Å². The molecule has 0 fully saturated rings. The summed E-state index contributed by atoms with van der Waals surface area (Å²) in [6.45, 7) is 1.86. The molecule has 5 aromatic rings. The fraction of sp³-hybridized carbons (Fsp3) is 0.179. The molecule has 0 saturated carbocycles. The van der Waals surface area contributed by atoms with Crippen molar-refractivity contribution in [3.05, 3.63) is 92.8 Å². The van der Waals surface area contributed by atoms with E-state index in [1.165, 1.54) is 11.3 Å². The Morgan fingerprint density at radius 2 is 1.69 bits per heavy atom. The zero-order valence-corrected chi connectivity index (χ0v) is 22.9. The summed E-state index contributed by atoms with van der Waals surface area (Å²) in [5.41, 5.74) is 3.02. The van der Waals surface area contributed by atoms with Gasteiger partial charge < -0.3 is 18.6 Å². The van der Waals surface area contributed by atoms with E-state index in [0.29, 0.717) is 44.9 Å². The quantitative estimate of drug-likeness (QED) is 0.262. The lowest BCUT2D eigenvalue weighted by molar-refractivity contribution is 0.324. The number of furan rings is 1. The minimum absolute atomic E-state index is 0.231. The SMILES string of the molecule is COc1cc(-c2csc(=Nc3c(C)n(C)n(-c4ccccc4)c3=O)n2N=Cc2ccco2)cc(OC)c1OC. The van der Waals surface area contributed by atoms with Crippen molar-refractivity contribution in [1.29, 1.82) is 0 Å². The van der Waals surface area contributed by atoms with Crippen molar-refractivity contribution in [2.45, 2.75) is 6.92 Å². The second kappa shape index (κ2) is 10.9. The number of methoxy groups -OCH3 is 3. The summed E-state index contributed by atoms with van der Waals surface area (Å²) in [7, 11) is 6.52. The third-order valence-corrected chi connectivity index (χ3v) is 7.04. The highest BCUT2D eigenvalue weighted by atomic mass is 32.1. The maximum absolute atomic E-state index is 13.5. The molecule has 0 unspecified atom stereocenters. The maximum Gasteiger partial charge on any atom is 0.297 e. The highest BCUT2D eigenvalue weighted by molar-refractivity contribution is 7.07. The lowest BCUT2D eigenvalue weighted by Crippen LogP contribution is -2.19. The minimum Gasteiger partial charge on any atom is -0.493 e. The molecular weight excluding hydrogens is 518 g/mol. The van der Waals surface area contributed by atoms with Crippen LogP contribution in [-0.4, -0.2) is 41.6 Å². The monoisotopic (exact) mass is 545 g/mol. The van der Waals surface area contributed by atoms with Crippen molar-refractivity contribution >= 4 is 23.2 Å². The van der Waals surface area contributed by atoms with Crippen LogP contribution >= 0.6 is 11.3 Å². The molecule has 0 bridgehead atoms. The number of hydrogen-bond acceptors (Lipinski definition) is 8. The summed E-state index contributed by atoms with van der Waals surface area (Å²) in [6.07, 6.45) is 3.16. The molecule has 11 heteroatoms. The minimum atomic E-state index is -0.231. The first-order valence-electron chi connectivity index (χ1n) is 11.9. The van der Waals surface area contributed by atoms with Gasteiger partial charge in [-0.1, -0.05) is 18.2 Å². The van der Waals surface area contributed by atoms with Crippen molar-refractivity contribution in [1.82, 2.24) is 14.0 Å². The van der Waals surface area contributed by atoms with Gasteiger partial charge in [0.25, 0.3) is 5.56 Å². The Balaban J connectivity index is 1.73. The third-order valence-electron chi connectivity index (χ3n) is 6.22. The van der Waals surface area contributed by atoms with Crippen molar-refractivity contribution in [3.63, 3.8) is 0 Å². The lowest BCUT2D eigenvalue weighted by Gasteiger charge is -2.14. The molecule has 0 spiro atoms. The Kier molecular flexibility index (Phi) is 7.24. The van der Waals surface area contributed by atoms with Gasteiger partial charge in [-0.2, -0.15) is 5.10 Å². The van der Waals surface area contributed by atoms with Crippen molar-refractivity contribution < 1.29 is 18.6 Å². The van der Waals surface area contributed by atoms with Crippen LogP contribution in [0.25, 0.3) is 16.9 Å². The second-order valence-corrected chi connectivity index (χ2v) is 9.25. The normalized spacial score (nSPS) is 11.9. The van der Waals surface area contributed by atoms with E-state index >= 15 is 0 Å². The standard InChI is InChI=1S/C28H27N5O5S/c1-18-25(27(34)33(31(18)2)20-10-7-6-8-11-20)30-28-32(29-16-21-12-9-13-38-21)22(17-39-28)19-14-23(35-3)26(37-5)24(15-19)36-4/h6-17H,1-5H3. The van der Waals surface area contributed by atoms with E-state index in [9.17, 15) is 4.79 Å². The molecule has 10 nitrogen and oxygen atoms in total. The van der Waals surface area contributed by atoms with E-state index in [1.54, 1.807) is 60.0 Å². The van der Waals surface area contributed by atoms with Gasteiger partial charge in [-0.05, 0) is 43.3 Å². The Morgan fingerprint density at radius 3 is 2.31 bits per heavy atom. The lowest BCUT2D eigenvalue weighted by atomic mass is 10.1. The average Bonchev–Trinajstić information content (AvgIpc) is 3.68. The average molecular weight is 546 g/mol. The molecule has 0 amide bonds. The maximum atomic E-state index is 13.5. The van der Waals surface area contributed by atoms with Crippen LogP contribution in [0.2, 0.25) is 0 Å². The summed E-state index contributed by atoms with van der Waals surface area (Å²) in [5.74, 6) is 2.05. The van der Waals surface area contributed by atoms with E-state index in [1.807, 2.05) is 61.8 Å². The summed E-state index contributed by atoms with van der Waals surface area (Å²) in [5, 5.41) is 6.58. The van der Waals surface area contributed by atoms with E-state index in [0.717, 1.165) is 11.3 Å². The number of nitrogens with zero attached hydrogens (tertiary/aromatic N) is 5. The first-order valence-corrected chi connectivity index (χ1v) is 12.8. The first kappa shape index (κ1) is 25.9. The molecular formula is C28H27N5O5S. The number of rotatable bonds is 8. The molecule has 0 saturated heterocycles. The van der Waals surface area contributed by atoms with E-state index in [-0.39, 0.29) is 5.56 Å². The molecule has 0 N–H and O–H groups in total. The summed E-state index contributed by atoms with van der Waals surface area (Å²) in [6, 6.07) is 16.7. The van der Waals surface area contributed by atoms with Gasteiger partial charge in [0.2, 0.25) is 10.6 Å². The van der Waals surface area contributed by atoms with Crippen LogP contribution in [0.15, 0.2) is 85.5 Å². The number of para-hydroxylation sites is 1. The highest BCUT2D eigenvalue weighted by Crippen LogP contribution is 2.41. The van der Waals surface area contributed by atoms with Gasteiger partial charge in [0.15, 0.2) is 17.2 Å². The van der Waals surface area contributed by atoms with Gasteiger partial charge in [0.1, 0.15) is 5.76 Å². The van der Waals surface area contributed by atoms with Crippen LogP contribution < -0.4 is 24.6 Å². The second-order valence-electron chi connectivity index (χ2n) is 8.41. The van der Waals surface area contributed by atoms with Gasteiger partial charge >= 0.3 is 0 Å². The fourth-order valence-electron chi connectivity index (χ4n) is 4.17. The Labute approximate surface area is 228 Å². The molecule has 0 radical (unpaired) electrons. The molecule has 0 aliphatic rings. The number of aromatic nitrogens is 3. The van der Waals surface area contributed by atoms with Crippen molar-refractivity contribution in [2.75, 3.05) is 21.3 Å². The topological polar surface area (TPSA) is 97.4 Å². The zero-order valence-electron chi connectivity index (χ0n) is 22.1. The highest BCUT2D eigenvalue weighted by Gasteiger charge is 2.19. The van der Waals surface area contributed by atoms with Gasteiger partial charge in [-0.25, -0.2) is 14.4 Å². The first-order chi connectivity index (χ1) is 19.0. The van der Waals surface area contributed by atoms with E-state index in [2.05, 4.69) is 5.10 Å². The Hall–Kier alpha value is -4.77. The zero-order chi connectivity index (χ0) is 27.5. The summed E-state index contributed by atoms with van der Waals surface area (Å²) < 4.78 is 27.1. The molecule has 5 rings (SSSR count). The molecule has 39 heavy (non-hydrogen) atoms. The predicted molar refractivity (Wildman–Crippen MR) is 150 cm³/mol. The van der Waals surface area contributed by atoms with E-state index in [4.69, 9.17) is 23.6 Å². The molecule has 3 aromatic heterocycles. The Morgan fingerprint density at radius 1 is 0.974 bits per heavy atom. The number of hydrogen-bond donors (Lipinski definition) is 0. The van der Waals surface area contributed by atoms with Crippen LogP contribution in [0.5, 0.6) is 17.2 Å². The van der Waals surface area contributed by atoms with Crippen molar-refractivity contribution in [3.8, 4) is 34.2 Å². The fourth-order valence-corrected chi connectivity index (χ4v) is 5.02. The summed E-state index contributed by atoms with van der Waals surface area (Å²) in [4.78, 5) is 18.8. The van der Waals surface area contributed by atoms with Crippen LogP contribution in [0.3, 0.4) is 0 Å². The predicted octanol–water partition coefficient (Wildman–Crippen LogP) is 4.75. The molecule has 0 aliphatic heterocycles. The number of ether oxygens (including phenoxy) is 3. The third kappa shape index (κ3) is 4.79. The van der Waals surface area contributed by atoms with Gasteiger partial charge in [-0.15, -0.1) is 11.3 Å². The molecule has 200 valence electrons.